The van der Waals surface area contributed by atoms with Crippen molar-refractivity contribution in [1.82, 2.24) is 15.1 Å². The molecule has 1 aromatic carbocycles. The highest BCUT2D eigenvalue weighted by atomic mass is 15.2. The summed E-state index contributed by atoms with van der Waals surface area (Å²) in [6, 6.07) is 11.8. The summed E-state index contributed by atoms with van der Waals surface area (Å²) in [5, 5.41) is 3.43. The molecule has 2 saturated heterocycles. The molecule has 230 valence electrons. The fraction of sp³-hybridized carbons (Fsp3) is 0.538. The number of hydrogen-bond acceptors (Lipinski definition) is 3. The first kappa shape index (κ1) is 33.9. The average molecular weight is 570 g/mol. The molecule has 0 aromatic heterocycles. The van der Waals surface area contributed by atoms with Crippen LogP contribution in [-0.2, 0) is 0 Å². The number of benzene rings is 1. The summed E-state index contributed by atoms with van der Waals surface area (Å²) in [6.07, 6.45) is 28.8. The van der Waals surface area contributed by atoms with Gasteiger partial charge in [0, 0.05) is 56.2 Å². The summed E-state index contributed by atoms with van der Waals surface area (Å²) >= 11 is 0. The van der Waals surface area contributed by atoms with Crippen molar-refractivity contribution < 1.29 is 0 Å². The highest BCUT2D eigenvalue weighted by molar-refractivity contribution is 5.28. The Morgan fingerprint density at radius 3 is 2.43 bits per heavy atom. The van der Waals surface area contributed by atoms with Gasteiger partial charge in [0.15, 0.2) is 0 Å². The molecule has 4 rings (SSSR count). The zero-order valence-corrected chi connectivity index (χ0v) is 27.2. The van der Waals surface area contributed by atoms with Crippen molar-refractivity contribution in [2.75, 3.05) is 39.3 Å². The van der Waals surface area contributed by atoms with Gasteiger partial charge in [0.25, 0.3) is 0 Å². The normalized spacial score (nSPS) is 22.3. The van der Waals surface area contributed by atoms with E-state index in [4.69, 9.17) is 0 Å². The number of nitrogens with zero attached hydrogens (tertiary/aromatic N) is 2. The van der Waals surface area contributed by atoms with Crippen molar-refractivity contribution >= 4 is 0 Å². The van der Waals surface area contributed by atoms with Crippen LogP contribution in [0.2, 0.25) is 0 Å². The zero-order valence-electron chi connectivity index (χ0n) is 27.2. The highest BCUT2D eigenvalue weighted by Gasteiger charge is 2.25. The third kappa shape index (κ3) is 13.1. The number of rotatable bonds is 12. The second kappa shape index (κ2) is 19.5. The van der Waals surface area contributed by atoms with Crippen molar-refractivity contribution in [1.29, 1.82) is 0 Å². The van der Waals surface area contributed by atoms with Crippen LogP contribution >= 0.6 is 0 Å². The Morgan fingerprint density at radius 2 is 1.74 bits per heavy atom. The van der Waals surface area contributed by atoms with Gasteiger partial charge in [-0.25, -0.2) is 0 Å². The summed E-state index contributed by atoms with van der Waals surface area (Å²) in [4.78, 5) is 5.30. The molecule has 3 aliphatic rings. The molecule has 0 amide bonds. The van der Waals surface area contributed by atoms with Crippen LogP contribution < -0.4 is 5.32 Å². The van der Waals surface area contributed by atoms with Crippen molar-refractivity contribution in [2.24, 2.45) is 11.8 Å². The van der Waals surface area contributed by atoms with Crippen LogP contribution in [0.5, 0.6) is 0 Å². The highest BCUT2D eigenvalue weighted by Crippen LogP contribution is 2.30. The first-order valence-corrected chi connectivity index (χ1v) is 16.7. The van der Waals surface area contributed by atoms with E-state index in [0.29, 0.717) is 11.8 Å². The molecule has 3 nitrogen and oxygen atoms in total. The van der Waals surface area contributed by atoms with Gasteiger partial charge in [0.05, 0.1) is 0 Å². The topological polar surface area (TPSA) is 18.5 Å². The van der Waals surface area contributed by atoms with Gasteiger partial charge in [0.1, 0.15) is 0 Å². The Morgan fingerprint density at radius 1 is 0.976 bits per heavy atom. The molecule has 2 fully saturated rings. The summed E-state index contributed by atoms with van der Waals surface area (Å²) in [5.74, 6) is 1.86. The monoisotopic (exact) mass is 569 g/mol. The van der Waals surface area contributed by atoms with Gasteiger partial charge >= 0.3 is 0 Å². The van der Waals surface area contributed by atoms with E-state index in [1.807, 2.05) is 0 Å². The SMILES string of the molecule is C=C(C/C=C\C=C(C)C)NCCCN1CCCCC1C.CC1CCCN(CC(c2ccccc2)C2C=CC=CC=C2)C1. The molecular formula is C39H59N3. The Kier molecular flexibility index (Phi) is 15.8. The maximum absolute atomic E-state index is 4.07. The minimum Gasteiger partial charge on any atom is -0.389 e. The predicted molar refractivity (Wildman–Crippen MR) is 185 cm³/mol. The van der Waals surface area contributed by atoms with Crippen molar-refractivity contribution in [3.63, 3.8) is 0 Å². The lowest BCUT2D eigenvalue weighted by molar-refractivity contribution is 0.159. The Balaban J connectivity index is 0.000000232. The third-order valence-electron chi connectivity index (χ3n) is 8.76. The van der Waals surface area contributed by atoms with E-state index in [1.165, 1.54) is 75.8 Å². The number of hydrogen-bond donors (Lipinski definition) is 1. The van der Waals surface area contributed by atoms with Crippen molar-refractivity contribution in [3.05, 3.63) is 108 Å². The molecule has 2 heterocycles. The van der Waals surface area contributed by atoms with Gasteiger partial charge < -0.3 is 15.1 Å². The molecule has 0 spiro atoms. The minimum atomic E-state index is 0.481. The second-order valence-corrected chi connectivity index (χ2v) is 12.9. The number of likely N-dealkylation sites (tertiary alicyclic amines) is 2. The Hall–Kier alpha value is -2.62. The van der Waals surface area contributed by atoms with E-state index in [0.717, 1.165) is 37.2 Å². The summed E-state index contributed by atoms with van der Waals surface area (Å²) in [7, 11) is 0. The molecule has 3 heteroatoms. The van der Waals surface area contributed by atoms with Gasteiger partial charge in [-0.05, 0) is 77.4 Å². The van der Waals surface area contributed by atoms with E-state index < -0.39 is 0 Å². The molecule has 0 bridgehead atoms. The van der Waals surface area contributed by atoms with Crippen molar-refractivity contribution in [3.8, 4) is 0 Å². The largest absolute Gasteiger partial charge is 0.389 e. The maximum atomic E-state index is 4.07. The lowest BCUT2D eigenvalue weighted by Crippen LogP contribution is -2.38. The fourth-order valence-electron chi connectivity index (χ4n) is 6.31. The van der Waals surface area contributed by atoms with Crippen LogP contribution in [-0.4, -0.2) is 55.1 Å². The molecule has 3 unspecified atom stereocenters. The summed E-state index contributed by atoms with van der Waals surface area (Å²) in [6.45, 7) is 20.3. The van der Waals surface area contributed by atoms with E-state index in [2.05, 4.69) is 134 Å². The number of allylic oxidation sites excluding steroid dienone is 10. The summed E-state index contributed by atoms with van der Waals surface area (Å²) in [5.41, 5.74) is 3.91. The van der Waals surface area contributed by atoms with E-state index >= 15 is 0 Å². The van der Waals surface area contributed by atoms with Gasteiger partial charge in [-0.15, -0.1) is 0 Å². The molecule has 42 heavy (non-hydrogen) atoms. The van der Waals surface area contributed by atoms with Crippen LogP contribution in [0.25, 0.3) is 0 Å². The lowest BCUT2D eigenvalue weighted by atomic mass is 9.84. The predicted octanol–water partition coefficient (Wildman–Crippen LogP) is 9.07. The molecule has 0 saturated carbocycles. The first-order valence-electron chi connectivity index (χ1n) is 16.7. The van der Waals surface area contributed by atoms with E-state index in [-0.39, 0.29) is 0 Å². The van der Waals surface area contributed by atoms with Crippen LogP contribution in [0, 0.1) is 11.8 Å². The molecule has 2 aliphatic heterocycles. The first-order chi connectivity index (χ1) is 20.4. The van der Waals surface area contributed by atoms with Gasteiger partial charge in [0.2, 0.25) is 0 Å². The second-order valence-electron chi connectivity index (χ2n) is 12.9. The van der Waals surface area contributed by atoms with Crippen molar-refractivity contribution in [2.45, 2.75) is 84.6 Å². The Bertz CT molecular complexity index is 1030. The van der Waals surface area contributed by atoms with Gasteiger partial charge in [-0.1, -0.05) is 111 Å². The van der Waals surface area contributed by atoms with Crippen LogP contribution in [0.4, 0.5) is 0 Å². The van der Waals surface area contributed by atoms with Gasteiger partial charge in [-0.3, -0.25) is 0 Å². The molecule has 1 aromatic rings. The van der Waals surface area contributed by atoms with E-state index in [1.54, 1.807) is 0 Å². The quantitative estimate of drug-likeness (QED) is 0.200. The minimum absolute atomic E-state index is 0.481. The maximum Gasteiger partial charge on any atom is 0.0156 e. The zero-order chi connectivity index (χ0) is 30.0. The smallest absolute Gasteiger partial charge is 0.0156 e. The lowest BCUT2D eigenvalue weighted by Gasteiger charge is -2.35. The van der Waals surface area contributed by atoms with Gasteiger partial charge in [-0.2, -0.15) is 0 Å². The van der Waals surface area contributed by atoms with Crippen LogP contribution in [0.3, 0.4) is 0 Å². The van der Waals surface area contributed by atoms with E-state index in [9.17, 15) is 0 Å². The fourth-order valence-corrected chi connectivity index (χ4v) is 6.31. The summed E-state index contributed by atoms with van der Waals surface area (Å²) < 4.78 is 0. The molecule has 0 radical (unpaired) electrons. The number of nitrogens with one attached hydrogen (secondary N) is 1. The third-order valence-corrected chi connectivity index (χ3v) is 8.76. The Labute approximate surface area is 258 Å². The number of piperidine rings is 2. The molecular weight excluding hydrogens is 510 g/mol. The van der Waals surface area contributed by atoms with Crippen LogP contribution in [0.1, 0.15) is 84.1 Å². The molecule has 1 aliphatic carbocycles. The van der Waals surface area contributed by atoms with Crippen LogP contribution in [0.15, 0.2) is 103 Å². The average Bonchev–Trinajstić information content (AvgIpc) is 3.28. The molecule has 3 atom stereocenters. The standard InChI is InChI=1S/C21H27N.C18H32N2/c1-18-10-9-15-22(16-18)17-21(20-13-7-4-8-14-20)19-11-5-2-3-6-12-19;1-16(2)10-5-6-11-17(3)19-13-9-15-20-14-8-7-12-18(20)4/h2-8,11-14,18-19,21H,9-10,15-17H2,1H3;5-6,10,18-19H,3,7-9,11-15H2,1-2,4H3/b;6-5-. The molecule has 1 N–H and O–H groups in total.